The summed E-state index contributed by atoms with van der Waals surface area (Å²) in [6.45, 7) is 6.67. The van der Waals surface area contributed by atoms with E-state index in [0.717, 1.165) is 36.8 Å². The van der Waals surface area contributed by atoms with E-state index >= 15 is 0 Å². The number of unbranched alkanes of at least 4 members (excludes halogenated alkanes) is 2. The Kier molecular flexibility index (Phi) is 7.45. The van der Waals surface area contributed by atoms with Crippen LogP contribution in [0.2, 0.25) is 0 Å². The van der Waals surface area contributed by atoms with Crippen molar-refractivity contribution in [3.8, 4) is 22.6 Å². The van der Waals surface area contributed by atoms with Gasteiger partial charge < -0.3 is 9.47 Å². The minimum atomic E-state index is -0.213. The van der Waals surface area contributed by atoms with Gasteiger partial charge in [-0.2, -0.15) is 0 Å². The first kappa shape index (κ1) is 19.0. The zero-order chi connectivity index (χ0) is 18.1. The van der Waals surface area contributed by atoms with Crippen molar-refractivity contribution in [3.05, 3.63) is 42.7 Å². The van der Waals surface area contributed by atoms with E-state index in [1.807, 2.05) is 44.2 Å². The third-order valence-corrected chi connectivity index (χ3v) is 4.19. The molecule has 4 heteroatoms. The molecule has 25 heavy (non-hydrogen) atoms. The lowest BCUT2D eigenvalue weighted by atomic mass is 10.0. The van der Waals surface area contributed by atoms with Gasteiger partial charge in [0.2, 0.25) is 0 Å². The van der Waals surface area contributed by atoms with Crippen molar-refractivity contribution >= 4 is 5.97 Å². The second-order valence-corrected chi connectivity index (χ2v) is 6.15. The topological polar surface area (TPSA) is 48.4 Å². The van der Waals surface area contributed by atoms with Crippen molar-refractivity contribution in [2.45, 2.75) is 46.5 Å². The van der Waals surface area contributed by atoms with E-state index in [-0.39, 0.29) is 11.9 Å². The van der Waals surface area contributed by atoms with Gasteiger partial charge in [0, 0.05) is 17.3 Å². The molecule has 0 aliphatic heterocycles. The summed E-state index contributed by atoms with van der Waals surface area (Å²) < 4.78 is 11.6. The molecule has 1 unspecified atom stereocenters. The maximum atomic E-state index is 12.2. The zero-order valence-electron chi connectivity index (χ0n) is 15.3. The number of hydrogen-bond donors (Lipinski definition) is 0. The molecule has 0 radical (unpaired) electrons. The predicted octanol–water partition coefficient (Wildman–Crippen LogP) is 5.27. The first-order valence-corrected chi connectivity index (χ1v) is 9.05. The highest BCUT2D eigenvalue weighted by Gasteiger charge is 2.17. The van der Waals surface area contributed by atoms with E-state index in [2.05, 4.69) is 11.9 Å². The lowest BCUT2D eigenvalue weighted by Crippen LogP contribution is -2.17. The number of nitrogens with zero attached hydrogens (tertiary/aromatic N) is 1. The average Bonchev–Trinajstić information content (AvgIpc) is 2.65. The number of rotatable bonds is 9. The van der Waals surface area contributed by atoms with Gasteiger partial charge in [0.05, 0.1) is 18.7 Å². The smallest absolute Gasteiger partial charge is 0.314 e. The molecule has 0 spiro atoms. The molecule has 1 atom stereocenters. The van der Waals surface area contributed by atoms with Gasteiger partial charge in [0.1, 0.15) is 11.5 Å². The Balaban J connectivity index is 2.25. The monoisotopic (exact) mass is 341 g/mol. The molecule has 0 N–H and O–H groups in total. The van der Waals surface area contributed by atoms with Crippen LogP contribution in [0.4, 0.5) is 0 Å². The summed E-state index contributed by atoms with van der Waals surface area (Å²) in [6, 6.07) is 9.44. The number of pyridine rings is 1. The van der Waals surface area contributed by atoms with Crippen molar-refractivity contribution in [3.63, 3.8) is 0 Å². The van der Waals surface area contributed by atoms with Gasteiger partial charge >= 0.3 is 5.97 Å². The van der Waals surface area contributed by atoms with Gasteiger partial charge in [-0.25, -0.2) is 0 Å². The highest BCUT2D eigenvalue weighted by molar-refractivity contribution is 5.81. The van der Waals surface area contributed by atoms with Gasteiger partial charge in [-0.15, -0.1) is 0 Å². The molecule has 1 heterocycles. The maximum Gasteiger partial charge on any atom is 0.314 e. The zero-order valence-corrected chi connectivity index (χ0v) is 15.3. The molecule has 0 amide bonds. The SMILES string of the molecule is CCCCCOc1cnccc1-c1ccccc1OC(=O)C(C)CC. The van der Waals surface area contributed by atoms with Crippen molar-refractivity contribution < 1.29 is 14.3 Å². The fourth-order valence-corrected chi connectivity index (χ4v) is 2.41. The fourth-order valence-electron chi connectivity index (χ4n) is 2.41. The van der Waals surface area contributed by atoms with Crippen LogP contribution < -0.4 is 9.47 Å². The molecule has 0 aliphatic carbocycles. The summed E-state index contributed by atoms with van der Waals surface area (Å²) in [4.78, 5) is 16.4. The predicted molar refractivity (Wildman–Crippen MR) is 99.8 cm³/mol. The van der Waals surface area contributed by atoms with Crippen LogP contribution in [0.1, 0.15) is 46.5 Å². The van der Waals surface area contributed by atoms with Crippen LogP contribution in [0.15, 0.2) is 42.7 Å². The van der Waals surface area contributed by atoms with Crippen LogP contribution in [-0.4, -0.2) is 17.6 Å². The summed E-state index contributed by atoms with van der Waals surface area (Å²) in [5.41, 5.74) is 1.73. The van der Waals surface area contributed by atoms with E-state index < -0.39 is 0 Å². The standard InChI is InChI=1S/C21H27NO3/c1-4-6-9-14-24-20-15-22-13-12-18(20)17-10-7-8-11-19(17)25-21(23)16(3)5-2/h7-8,10-13,15-16H,4-6,9,14H2,1-3H3. The first-order chi connectivity index (χ1) is 12.2. The second kappa shape index (κ2) is 9.82. The van der Waals surface area contributed by atoms with Gasteiger partial charge in [-0.3, -0.25) is 9.78 Å². The van der Waals surface area contributed by atoms with E-state index in [9.17, 15) is 4.79 Å². The molecule has 0 saturated heterocycles. The average molecular weight is 341 g/mol. The number of hydrogen-bond acceptors (Lipinski definition) is 4. The number of carbonyl (C=O) groups excluding carboxylic acids is 1. The Morgan fingerprint density at radius 2 is 1.84 bits per heavy atom. The Hall–Kier alpha value is -2.36. The second-order valence-electron chi connectivity index (χ2n) is 6.15. The van der Waals surface area contributed by atoms with Crippen LogP contribution in [0.25, 0.3) is 11.1 Å². The van der Waals surface area contributed by atoms with Crippen molar-refractivity contribution in [1.29, 1.82) is 0 Å². The summed E-state index contributed by atoms with van der Waals surface area (Å²) in [7, 11) is 0. The Labute approximate surface area is 150 Å². The molecule has 0 saturated carbocycles. The molecule has 4 nitrogen and oxygen atoms in total. The summed E-state index contributed by atoms with van der Waals surface area (Å²) in [5.74, 6) is 0.924. The van der Waals surface area contributed by atoms with Gasteiger partial charge in [0.15, 0.2) is 0 Å². The number of para-hydroxylation sites is 1. The molecule has 2 rings (SSSR count). The van der Waals surface area contributed by atoms with Crippen molar-refractivity contribution in [2.75, 3.05) is 6.61 Å². The number of carbonyl (C=O) groups is 1. The minimum Gasteiger partial charge on any atom is -0.491 e. The van der Waals surface area contributed by atoms with E-state index in [0.29, 0.717) is 18.1 Å². The molecule has 1 aromatic carbocycles. The molecular weight excluding hydrogens is 314 g/mol. The van der Waals surface area contributed by atoms with E-state index in [1.165, 1.54) is 0 Å². The van der Waals surface area contributed by atoms with Gasteiger partial charge in [-0.1, -0.05) is 51.8 Å². The lowest BCUT2D eigenvalue weighted by molar-refractivity contribution is -0.138. The third kappa shape index (κ3) is 5.31. The normalized spacial score (nSPS) is 11.8. The fraction of sp³-hybridized carbons (Fsp3) is 0.429. The Morgan fingerprint density at radius 3 is 2.60 bits per heavy atom. The van der Waals surface area contributed by atoms with Crippen LogP contribution in [0.3, 0.4) is 0 Å². The van der Waals surface area contributed by atoms with Gasteiger partial charge in [0.25, 0.3) is 0 Å². The number of benzene rings is 1. The summed E-state index contributed by atoms with van der Waals surface area (Å²) in [5, 5.41) is 0. The number of ether oxygens (including phenoxy) is 2. The number of esters is 1. The van der Waals surface area contributed by atoms with Crippen LogP contribution in [0.5, 0.6) is 11.5 Å². The highest BCUT2D eigenvalue weighted by atomic mass is 16.5. The minimum absolute atomic E-state index is 0.129. The van der Waals surface area contributed by atoms with Crippen LogP contribution in [-0.2, 0) is 4.79 Å². The molecule has 2 aromatic rings. The van der Waals surface area contributed by atoms with E-state index in [4.69, 9.17) is 9.47 Å². The summed E-state index contributed by atoms with van der Waals surface area (Å²) >= 11 is 0. The molecule has 1 aromatic heterocycles. The molecular formula is C21H27NO3. The lowest BCUT2D eigenvalue weighted by Gasteiger charge is -2.15. The Bertz CT molecular complexity index is 684. The highest BCUT2D eigenvalue weighted by Crippen LogP contribution is 2.36. The molecule has 0 bridgehead atoms. The maximum absolute atomic E-state index is 12.2. The van der Waals surface area contributed by atoms with Crippen LogP contribution >= 0.6 is 0 Å². The quantitative estimate of drug-likeness (QED) is 0.354. The largest absolute Gasteiger partial charge is 0.491 e. The first-order valence-electron chi connectivity index (χ1n) is 9.05. The molecule has 0 fully saturated rings. The number of aromatic nitrogens is 1. The Morgan fingerprint density at radius 1 is 1.08 bits per heavy atom. The van der Waals surface area contributed by atoms with E-state index in [1.54, 1.807) is 12.4 Å². The summed E-state index contributed by atoms with van der Waals surface area (Å²) in [6.07, 6.45) is 7.49. The van der Waals surface area contributed by atoms with Crippen molar-refractivity contribution in [1.82, 2.24) is 4.98 Å². The molecule has 0 aliphatic rings. The molecule has 134 valence electrons. The van der Waals surface area contributed by atoms with Crippen LogP contribution in [0, 0.1) is 5.92 Å². The van der Waals surface area contributed by atoms with Gasteiger partial charge in [-0.05, 0) is 25.0 Å². The third-order valence-electron chi connectivity index (χ3n) is 4.19. The van der Waals surface area contributed by atoms with Crippen molar-refractivity contribution in [2.24, 2.45) is 5.92 Å².